The van der Waals surface area contributed by atoms with Crippen molar-refractivity contribution in [3.63, 3.8) is 0 Å². The van der Waals surface area contributed by atoms with Gasteiger partial charge < -0.3 is 14.5 Å². The van der Waals surface area contributed by atoms with Gasteiger partial charge in [0.05, 0.1) is 30.9 Å². The molecule has 3 aromatic rings. The van der Waals surface area contributed by atoms with Crippen LogP contribution in [0, 0.1) is 6.92 Å². The highest BCUT2D eigenvalue weighted by molar-refractivity contribution is 7.18. The minimum Gasteiger partial charge on any atom is -0.496 e. The van der Waals surface area contributed by atoms with E-state index >= 15 is 0 Å². The number of nitrogens with one attached hydrogen (secondary N) is 1. The van der Waals surface area contributed by atoms with Gasteiger partial charge in [-0.15, -0.1) is 11.3 Å². The first-order valence-electron chi connectivity index (χ1n) is 8.99. The molecular weight excluding hydrogens is 358 g/mol. The van der Waals surface area contributed by atoms with Gasteiger partial charge >= 0.3 is 0 Å². The van der Waals surface area contributed by atoms with Gasteiger partial charge in [0.1, 0.15) is 17.3 Å². The highest BCUT2D eigenvalue weighted by Crippen LogP contribution is 2.22. The summed E-state index contributed by atoms with van der Waals surface area (Å²) in [5, 5.41) is 0.963. The van der Waals surface area contributed by atoms with Gasteiger partial charge in [-0.05, 0) is 31.2 Å². The quantitative estimate of drug-likeness (QED) is 0.680. The van der Waals surface area contributed by atoms with Crippen molar-refractivity contribution in [1.82, 2.24) is 9.88 Å². The number of thiazole rings is 1. The fourth-order valence-corrected chi connectivity index (χ4v) is 4.13. The van der Waals surface area contributed by atoms with Gasteiger partial charge in [-0.1, -0.05) is 23.8 Å². The topological polar surface area (TPSA) is 46.9 Å². The maximum absolute atomic E-state index is 12.6. The molecule has 0 aliphatic heterocycles. The van der Waals surface area contributed by atoms with Crippen molar-refractivity contribution in [3.8, 4) is 5.75 Å². The van der Waals surface area contributed by atoms with E-state index in [9.17, 15) is 4.79 Å². The van der Waals surface area contributed by atoms with Crippen LogP contribution in [0.3, 0.4) is 0 Å². The Morgan fingerprint density at radius 2 is 2.04 bits per heavy atom. The number of aryl methyl sites for hydroxylation is 1. The van der Waals surface area contributed by atoms with Crippen molar-refractivity contribution in [1.29, 1.82) is 0 Å². The fraction of sp³-hybridized carbons (Fsp3) is 0.333. The van der Waals surface area contributed by atoms with Gasteiger partial charge in [0, 0.05) is 12.6 Å². The number of amides is 1. The van der Waals surface area contributed by atoms with Crippen LogP contribution in [-0.4, -0.2) is 43.5 Å². The molecule has 0 spiro atoms. The first-order chi connectivity index (χ1) is 13.0. The van der Waals surface area contributed by atoms with Crippen molar-refractivity contribution in [2.45, 2.75) is 20.0 Å². The molecule has 0 saturated carbocycles. The summed E-state index contributed by atoms with van der Waals surface area (Å²) in [5.41, 5.74) is 3.31. The summed E-state index contributed by atoms with van der Waals surface area (Å²) in [6.45, 7) is 3.78. The van der Waals surface area contributed by atoms with Crippen molar-refractivity contribution in [2.24, 2.45) is 0 Å². The Labute approximate surface area is 164 Å². The Morgan fingerprint density at radius 1 is 1.26 bits per heavy atom. The average Bonchev–Trinajstić information content (AvgIpc) is 3.04. The molecule has 0 radical (unpaired) electrons. The van der Waals surface area contributed by atoms with Crippen molar-refractivity contribution < 1.29 is 14.4 Å². The van der Waals surface area contributed by atoms with Crippen LogP contribution in [0.1, 0.15) is 16.1 Å². The highest BCUT2D eigenvalue weighted by atomic mass is 32.1. The van der Waals surface area contributed by atoms with Crippen LogP contribution < -0.4 is 9.64 Å². The Bertz CT molecular complexity index is 905. The molecule has 0 saturated heterocycles. The van der Waals surface area contributed by atoms with Gasteiger partial charge in [0.25, 0.3) is 5.91 Å². The van der Waals surface area contributed by atoms with E-state index in [2.05, 4.69) is 24.0 Å². The van der Waals surface area contributed by atoms with E-state index in [-0.39, 0.29) is 5.91 Å². The van der Waals surface area contributed by atoms with E-state index in [4.69, 9.17) is 4.74 Å². The zero-order chi connectivity index (χ0) is 19.4. The van der Waals surface area contributed by atoms with Crippen LogP contribution in [0.15, 0.2) is 42.5 Å². The second-order valence-electron chi connectivity index (χ2n) is 6.95. The Balaban J connectivity index is 1.59. The first kappa shape index (κ1) is 19.3. The summed E-state index contributed by atoms with van der Waals surface area (Å²) in [5.74, 6) is 0.980. The van der Waals surface area contributed by atoms with Crippen LogP contribution in [-0.2, 0) is 17.9 Å². The van der Waals surface area contributed by atoms with Crippen LogP contribution in [0.2, 0.25) is 0 Å². The van der Waals surface area contributed by atoms with E-state index in [1.54, 1.807) is 23.3 Å². The summed E-state index contributed by atoms with van der Waals surface area (Å²) >= 11 is 1.64. The lowest BCUT2D eigenvalue weighted by Crippen LogP contribution is -3.08. The van der Waals surface area contributed by atoms with E-state index < -0.39 is 0 Å². The van der Waals surface area contributed by atoms with Crippen LogP contribution >= 0.6 is 11.3 Å². The largest absolute Gasteiger partial charge is 0.496 e. The fourth-order valence-electron chi connectivity index (χ4n) is 3.10. The van der Waals surface area contributed by atoms with E-state index in [1.807, 2.05) is 44.4 Å². The zero-order valence-electron chi connectivity index (χ0n) is 16.3. The molecule has 5 nitrogen and oxygen atoms in total. The number of likely N-dealkylation sites (N-methyl/N-ethyl adjacent to an activating group) is 2. The maximum atomic E-state index is 12.6. The lowest BCUT2D eigenvalue weighted by atomic mass is 10.1. The van der Waals surface area contributed by atoms with Gasteiger partial charge in [-0.2, -0.15) is 0 Å². The van der Waals surface area contributed by atoms with Gasteiger partial charge in [-0.25, -0.2) is 4.98 Å². The summed E-state index contributed by atoms with van der Waals surface area (Å²) < 4.78 is 6.60. The zero-order valence-corrected chi connectivity index (χ0v) is 17.1. The number of para-hydroxylation sites is 1. The molecule has 3 rings (SSSR count). The van der Waals surface area contributed by atoms with Crippen LogP contribution in [0.5, 0.6) is 5.75 Å². The first-order valence-corrected chi connectivity index (χ1v) is 9.81. The number of benzene rings is 2. The molecule has 1 atom stereocenters. The molecule has 2 aromatic carbocycles. The lowest BCUT2D eigenvalue weighted by molar-refractivity contribution is -0.885. The number of ether oxygens (including phenoxy) is 1. The summed E-state index contributed by atoms with van der Waals surface area (Å²) in [6.07, 6.45) is 0. The number of quaternary nitrogens is 1. The van der Waals surface area contributed by atoms with Gasteiger partial charge in [-0.3, -0.25) is 4.79 Å². The lowest BCUT2D eigenvalue weighted by Gasteiger charge is -2.20. The third kappa shape index (κ3) is 4.84. The predicted molar refractivity (Wildman–Crippen MR) is 109 cm³/mol. The SMILES string of the molecule is COc1ccc(C)cc1C[NH+](C)CC(=O)N(C)Cc1nc2ccccc2s1. The Kier molecular flexibility index (Phi) is 6.08. The number of hydrogen-bond acceptors (Lipinski definition) is 4. The average molecular weight is 385 g/mol. The molecule has 0 fully saturated rings. The predicted octanol–water partition coefficient (Wildman–Crippen LogP) is 2.29. The van der Waals surface area contributed by atoms with Crippen molar-refractivity contribution in [3.05, 3.63) is 58.6 Å². The molecule has 0 bridgehead atoms. The van der Waals surface area contributed by atoms with Gasteiger partial charge in [0.2, 0.25) is 0 Å². The smallest absolute Gasteiger partial charge is 0.277 e. The normalized spacial score (nSPS) is 12.1. The minimum atomic E-state index is 0.110. The van der Waals surface area contributed by atoms with Crippen LogP contribution in [0.25, 0.3) is 10.2 Å². The molecule has 1 amide bonds. The number of carbonyl (C=O) groups is 1. The molecule has 1 unspecified atom stereocenters. The molecular formula is C21H26N3O2S+. The summed E-state index contributed by atoms with van der Waals surface area (Å²) in [6, 6.07) is 14.2. The van der Waals surface area contributed by atoms with Crippen molar-refractivity contribution in [2.75, 3.05) is 27.7 Å². The number of rotatable bonds is 7. The summed E-state index contributed by atoms with van der Waals surface area (Å²) in [7, 11) is 5.56. The molecule has 1 heterocycles. The molecule has 142 valence electrons. The molecule has 0 aliphatic rings. The Morgan fingerprint density at radius 3 is 2.78 bits per heavy atom. The number of methoxy groups -OCH3 is 1. The van der Waals surface area contributed by atoms with Crippen LogP contribution in [0.4, 0.5) is 0 Å². The number of hydrogen-bond donors (Lipinski definition) is 1. The molecule has 1 N–H and O–H groups in total. The number of carbonyl (C=O) groups excluding carboxylic acids is 1. The van der Waals surface area contributed by atoms with Gasteiger partial charge in [0.15, 0.2) is 6.54 Å². The molecule has 27 heavy (non-hydrogen) atoms. The van der Waals surface area contributed by atoms with E-state index in [0.29, 0.717) is 13.1 Å². The number of nitrogens with zero attached hydrogens (tertiary/aromatic N) is 2. The second kappa shape index (κ2) is 8.50. The van der Waals surface area contributed by atoms with E-state index in [0.717, 1.165) is 38.0 Å². The third-order valence-corrected chi connectivity index (χ3v) is 5.54. The maximum Gasteiger partial charge on any atom is 0.277 e. The second-order valence-corrected chi connectivity index (χ2v) is 8.07. The highest BCUT2D eigenvalue weighted by Gasteiger charge is 2.18. The number of aromatic nitrogens is 1. The standard InChI is InChI=1S/C21H25N3O2S/c1-15-9-10-18(26-4)16(11-15)12-23(2)14-21(25)24(3)13-20-22-17-7-5-6-8-19(17)27-20/h5-11H,12-14H2,1-4H3/p+1. The molecule has 6 heteroatoms. The van der Waals surface area contributed by atoms with E-state index in [1.165, 1.54) is 5.56 Å². The summed E-state index contributed by atoms with van der Waals surface area (Å²) in [4.78, 5) is 20.1. The Hall–Kier alpha value is -2.44. The molecule has 0 aliphatic carbocycles. The molecule has 1 aromatic heterocycles. The minimum absolute atomic E-state index is 0.110. The van der Waals surface area contributed by atoms with Crippen molar-refractivity contribution >= 4 is 27.5 Å². The number of fused-ring (bicyclic) bond motifs is 1. The third-order valence-electron chi connectivity index (χ3n) is 4.52. The monoisotopic (exact) mass is 384 g/mol.